The van der Waals surface area contributed by atoms with Crippen molar-refractivity contribution in [2.45, 2.75) is 33.6 Å². The Morgan fingerprint density at radius 2 is 1.23 bits per heavy atom. The molecule has 0 fully saturated rings. The summed E-state index contributed by atoms with van der Waals surface area (Å²) < 4.78 is 12.8. The van der Waals surface area contributed by atoms with E-state index in [2.05, 4.69) is 69.3 Å². The highest BCUT2D eigenvalue weighted by atomic mass is 28.4. The van der Waals surface area contributed by atoms with E-state index >= 15 is 0 Å². The molecule has 118 valence electrons. The number of aryl methyl sites for hydroxylation is 1. The molecule has 2 nitrogen and oxygen atoms in total. The molecule has 22 heavy (non-hydrogen) atoms. The average Bonchev–Trinajstić information content (AvgIpc) is 2.57. The summed E-state index contributed by atoms with van der Waals surface area (Å²) in [7, 11) is -2.61. The van der Waals surface area contributed by atoms with Gasteiger partial charge in [0, 0.05) is 13.2 Å². The van der Waals surface area contributed by atoms with E-state index in [-0.39, 0.29) is 0 Å². The van der Waals surface area contributed by atoms with E-state index in [4.69, 9.17) is 8.85 Å². The van der Waals surface area contributed by atoms with Crippen LogP contribution < -0.4 is 10.4 Å². The van der Waals surface area contributed by atoms with Crippen LogP contribution in [0.1, 0.15) is 32.3 Å². The minimum Gasteiger partial charge on any atom is -0.388 e. The monoisotopic (exact) mass is 314 g/mol. The number of rotatable bonds is 8. The Balaban J connectivity index is 2.50. The Kier molecular flexibility index (Phi) is 6.37. The van der Waals surface area contributed by atoms with Crippen molar-refractivity contribution in [2.24, 2.45) is 0 Å². The van der Waals surface area contributed by atoms with Gasteiger partial charge in [-0.1, -0.05) is 74.0 Å². The van der Waals surface area contributed by atoms with Crippen molar-refractivity contribution in [1.82, 2.24) is 0 Å². The van der Waals surface area contributed by atoms with Gasteiger partial charge in [-0.15, -0.1) is 0 Å². The lowest BCUT2D eigenvalue weighted by Crippen LogP contribution is -2.63. The van der Waals surface area contributed by atoms with E-state index in [0.29, 0.717) is 0 Å². The fourth-order valence-electron chi connectivity index (χ4n) is 2.46. The third-order valence-corrected chi connectivity index (χ3v) is 7.01. The maximum absolute atomic E-state index is 6.41. The number of hydrogen-bond donors (Lipinski definition) is 0. The molecule has 0 spiro atoms. The molecule has 2 aromatic rings. The van der Waals surface area contributed by atoms with Gasteiger partial charge < -0.3 is 8.85 Å². The van der Waals surface area contributed by atoms with Crippen LogP contribution in [0.4, 0.5) is 0 Å². The predicted octanol–water partition coefficient (Wildman–Crippen LogP) is 3.40. The van der Waals surface area contributed by atoms with Gasteiger partial charge in [0.05, 0.1) is 0 Å². The van der Waals surface area contributed by atoms with E-state index in [1.165, 1.54) is 15.9 Å². The van der Waals surface area contributed by atoms with Crippen molar-refractivity contribution in [3.05, 3.63) is 60.2 Å². The summed E-state index contributed by atoms with van der Waals surface area (Å²) in [4.78, 5) is 0. The average molecular weight is 315 g/mol. The van der Waals surface area contributed by atoms with E-state index < -0.39 is 8.56 Å². The van der Waals surface area contributed by atoms with Gasteiger partial charge in [-0.2, -0.15) is 0 Å². The van der Waals surface area contributed by atoms with Crippen molar-refractivity contribution in [1.29, 1.82) is 0 Å². The van der Waals surface area contributed by atoms with E-state index in [1.54, 1.807) is 0 Å². The Labute approximate surface area is 135 Å². The summed E-state index contributed by atoms with van der Waals surface area (Å²) in [6.45, 7) is 7.82. The van der Waals surface area contributed by atoms with Crippen LogP contribution in [-0.4, -0.2) is 21.8 Å². The highest BCUT2D eigenvalue weighted by Gasteiger charge is 2.42. The Bertz CT molecular complexity index is 543. The zero-order valence-electron chi connectivity index (χ0n) is 13.8. The topological polar surface area (TPSA) is 18.5 Å². The molecule has 0 saturated carbocycles. The second-order valence-corrected chi connectivity index (χ2v) is 8.51. The zero-order valence-corrected chi connectivity index (χ0v) is 14.8. The molecule has 0 aromatic heterocycles. The summed E-state index contributed by atoms with van der Waals surface area (Å²) in [6.07, 6.45) is 1.98. The van der Waals surface area contributed by atoms with Crippen LogP contribution in [0.2, 0.25) is 0 Å². The molecule has 0 bridgehead atoms. The molecule has 0 unspecified atom stereocenters. The summed E-state index contributed by atoms with van der Waals surface area (Å²) in [5.41, 5.74) is 1.26. The van der Waals surface area contributed by atoms with Gasteiger partial charge in [0.2, 0.25) is 0 Å². The minimum absolute atomic E-state index is 0.721. The van der Waals surface area contributed by atoms with Crippen molar-refractivity contribution in [2.75, 3.05) is 13.2 Å². The molecule has 0 saturated heterocycles. The maximum atomic E-state index is 6.41. The van der Waals surface area contributed by atoms with Crippen molar-refractivity contribution >= 4 is 18.9 Å². The highest BCUT2D eigenvalue weighted by molar-refractivity contribution is 6.92. The first-order valence-corrected chi connectivity index (χ1v) is 9.95. The van der Waals surface area contributed by atoms with Crippen molar-refractivity contribution in [3.63, 3.8) is 0 Å². The fourth-order valence-corrected chi connectivity index (χ4v) is 5.77. The van der Waals surface area contributed by atoms with E-state index in [9.17, 15) is 0 Å². The second kappa shape index (κ2) is 8.27. The van der Waals surface area contributed by atoms with Gasteiger partial charge in [0.15, 0.2) is 0 Å². The van der Waals surface area contributed by atoms with E-state index in [0.717, 1.165) is 26.1 Å². The van der Waals surface area contributed by atoms with Crippen LogP contribution in [0, 0.1) is 6.92 Å². The van der Waals surface area contributed by atoms with Crippen LogP contribution in [0.5, 0.6) is 0 Å². The molecule has 0 amide bonds. The zero-order chi connectivity index (χ0) is 15.8. The third-order valence-electron chi connectivity index (χ3n) is 3.60. The van der Waals surface area contributed by atoms with Gasteiger partial charge in [-0.25, -0.2) is 0 Å². The first-order valence-electron chi connectivity index (χ1n) is 8.13. The quantitative estimate of drug-likeness (QED) is 0.695. The molecule has 3 heteroatoms. The standard InChI is InChI=1S/C19H26O2Si/c1-4-15-20-22(21-16-5-2,18-9-7-6-8-10-18)19-13-11-17(3)12-14-19/h6-14H,4-5,15-16H2,1-3H3. The lowest BCUT2D eigenvalue weighted by molar-refractivity contribution is 0.191. The molecule has 0 atom stereocenters. The van der Waals surface area contributed by atoms with E-state index in [1.807, 2.05) is 6.07 Å². The molecule has 0 aliphatic rings. The van der Waals surface area contributed by atoms with Gasteiger partial charge in [-0.3, -0.25) is 0 Å². The van der Waals surface area contributed by atoms with Crippen molar-refractivity contribution in [3.8, 4) is 0 Å². The largest absolute Gasteiger partial charge is 0.407 e. The Hall–Kier alpha value is -1.42. The van der Waals surface area contributed by atoms with Gasteiger partial charge >= 0.3 is 8.56 Å². The van der Waals surface area contributed by atoms with Crippen LogP contribution in [-0.2, 0) is 8.85 Å². The van der Waals surface area contributed by atoms with Gasteiger partial charge in [0.25, 0.3) is 0 Å². The predicted molar refractivity (Wildman–Crippen MR) is 95.1 cm³/mol. The normalized spacial score (nSPS) is 11.6. The van der Waals surface area contributed by atoms with Crippen LogP contribution >= 0.6 is 0 Å². The highest BCUT2D eigenvalue weighted by Crippen LogP contribution is 2.12. The smallest absolute Gasteiger partial charge is 0.388 e. The molecule has 0 aliphatic heterocycles. The maximum Gasteiger partial charge on any atom is 0.407 e. The summed E-state index contributed by atoms with van der Waals surface area (Å²) in [6, 6.07) is 19.1. The van der Waals surface area contributed by atoms with Gasteiger partial charge in [-0.05, 0) is 30.1 Å². The molecule has 0 heterocycles. The molecular formula is C19H26O2Si. The SMILES string of the molecule is CCCO[Si](OCCC)(c1ccccc1)c1ccc(C)cc1. The van der Waals surface area contributed by atoms with Crippen LogP contribution in [0.15, 0.2) is 54.6 Å². The summed E-state index contributed by atoms with van der Waals surface area (Å²) >= 11 is 0. The fraction of sp³-hybridized carbons (Fsp3) is 0.368. The molecule has 0 N–H and O–H groups in total. The minimum atomic E-state index is -2.61. The molecule has 0 radical (unpaired) electrons. The second-order valence-electron chi connectivity index (χ2n) is 5.55. The van der Waals surface area contributed by atoms with Crippen LogP contribution in [0.25, 0.3) is 0 Å². The molecular weight excluding hydrogens is 288 g/mol. The lowest BCUT2D eigenvalue weighted by atomic mass is 10.2. The Morgan fingerprint density at radius 1 is 0.727 bits per heavy atom. The summed E-state index contributed by atoms with van der Waals surface area (Å²) in [5, 5.41) is 2.37. The first-order chi connectivity index (χ1) is 10.7. The third kappa shape index (κ3) is 3.86. The van der Waals surface area contributed by atoms with Crippen molar-refractivity contribution < 1.29 is 8.85 Å². The van der Waals surface area contributed by atoms with Crippen LogP contribution in [0.3, 0.4) is 0 Å². The molecule has 2 rings (SSSR count). The lowest BCUT2D eigenvalue weighted by Gasteiger charge is -2.31. The summed E-state index contributed by atoms with van der Waals surface area (Å²) in [5.74, 6) is 0. The number of benzene rings is 2. The first kappa shape index (κ1) is 16.9. The number of hydrogen-bond acceptors (Lipinski definition) is 2. The molecule has 2 aromatic carbocycles. The Morgan fingerprint density at radius 3 is 1.73 bits per heavy atom. The van der Waals surface area contributed by atoms with Gasteiger partial charge in [0.1, 0.15) is 0 Å². The molecule has 0 aliphatic carbocycles.